The Morgan fingerprint density at radius 1 is 1.17 bits per heavy atom. The molecule has 6 heteroatoms. The minimum Gasteiger partial charge on any atom is -0.496 e. The molecule has 4 nitrogen and oxygen atoms in total. The average Bonchev–Trinajstić information content (AvgIpc) is 3.00. The van der Waals surface area contributed by atoms with Gasteiger partial charge < -0.3 is 10.5 Å². The highest BCUT2D eigenvalue weighted by atomic mass is 79.9. The van der Waals surface area contributed by atoms with E-state index in [0.29, 0.717) is 5.82 Å². The van der Waals surface area contributed by atoms with E-state index in [-0.39, 0.29) is 0 Å². The first-order valence-electron chi connectivity index (χ1n) is 7.30. The van der Waals surface area contributed by atoms with E-state index in [9.17, 15) is 0 Å². The second-order valence-corrected chi connectivity index (χ2v) is 6.76. The minimum atomic E-state index is 0.519. The van der Waals surface area contributed by atoms with Gasteiger partial charge in [-0.05, 0) is 46.1 Å². The van der Waals surface area contributed by atoms with Crippen molar-refractivity contribution in [3.8, 4) is 5.75 Å². The van der Waals surface area contributed by atoms with Crippen LogP contribution in [0.2, 0.25) is 0 Å². The van der Waals surface area contributed by atoms with Crippen LogP contribution in [0.15, 0.2) is 34.4 Å². The molecule has 2 aromatic heterocycles. The monoisotopic (exact) mass is 401 g/mol. The summed E-state index contributed by atoms with van der Waals surface area (Å²) >= 11 is 5.13. The Balaban J connectivity index is 2.02. The highest BCUT2D eigenvalue weighted by Gasteiger charge is 2.08. The van der Waals surface area contributed by atoms with Crippen molar-refractivity contribution in [2.24, 2.45) is 0 Å². The summed E-state index contributed by atoms with van der Waals surface area (Å²) in [5.74, 6) is 1.32. The lowest BCUT2D eigenvalue weighted by molar-refractivity contribution is 0.412. The average molecular weight is 402 g/mol. The molecule has 0 aliphatic rings. The second kappa shape index (κ2) is 7.15. The number of benzene rings is 1. The van der Waals surface area contributed by atoms with Gasteiger partial charge in [0.25, 0.3) is 0 Å². The van der Waals surface area contributed by atoms with Gasteiger partial charge in [-0.15, -0.1) is 11.3 Å². The molecule has 3 rings (SSSR count). The van der Waals surface area contributed by atoms with Gasteiger partial charge in [-0.3, -0.25) is 0 Å². The van der Waals surface area contributed by atoms with Crippen molar-refractivity contribution in [1.82, 2.24) is 9.97 Å². The number of aromatic nitrogens is 2. The molecule has 0 atom stereocenters. The summed E-state index contributed by atoms with van der Waals surface area (Å²) < 4.78 is 7.31. The van der Waals surface area contributed by atoms with Crippen LogP contribution >= 0.6 is 27.3 Å². The third kappa shape index (κ3) is 3.20. The zero-order chi connectivity index (χ0) is 17.1. The van der Waals surface area contributed by atoms with Crippen molar-refractivity contribution in [1.29, 1.82) is 0 Å². The molecule has 3 aromatic rings. The normalized spacial score (nSPS) is 11.8. The first-order chi connectivity index (χ1) is 11.6. The molecule has 0 saturated heterocycles. The fourth-order valence-electron chi connectivity index (χ4n) is 2.38. The molecule has 122 valence electrons. The number of nitrogens with two attached hydrogens (primary N) is 1. The highest BCUT2D eigenvalue weighted by molar-refractivity contribution is 9.10. The van der Waals surface area contributed by atoms with Gasteiger partial charge in [0.1, 0.15) is 17.9 Å². The van der Waals surface area contributed by atoms with E-state index in [2.05, 4.69) is 32.0 Å². The number of hydrogen-bond donors (Lipinski definition) is 1. The second-order valence-electron chi connectivity index (χ2n) is 5.09. The number of nitrogen functional groups attached to an aromatic ring is 1. The molecule has 0 amide bonds. The van der Waals surface area contributed by atoms with E-state index in [4.69, 9.17) is 10.5 Å². The first kappa shape index (κ1) is 16.7. The fraction of sp³-hybridized carbons (Fsp3) is 0.111. The highest BCUT2D eigenvalue weighted by Crippen LogP contribution is 2.33. The number of thiophene rings is 1. The zero-order valence-corrected chi connectivity index (χ0v) is 15.7. The van der Waals surface area contributed by atoms with E-state index < -0.39 is 0 Å². The largest absolute Gasteiger partial charge is 0.496 e. The van der Waals surface area contributed by atoms with Crippen LogP contribution in [0.3, 0.4) is 0 Å². The third-order valence-electron chi connectivity index (χ3n) is 3.52. The predicted molar refractivity (Wildman–Crippen MR) is 106 cm³/mol. The van der Waals surface area contributed by atoms with Crippen LogP contribution in [0.25, 0.3) is 28.4 Å². The molecule has 0 unspecified atom stereocenters. The maximum absolute atomic E-state index is 5.89. The number of halogens is 1. The molecular formula is C18H16BrN3OS. The lowest BCUT2D eigenvalue weighted by atomic mass is 10.1. The number of hydrogen-bond acceptors (Lipinski definition) is 5. The fourth-order valence-corrected chi connectivity index (χ4v) is 3.79. The summed E-state index contributed by atoms with van der Waals surface area (Å²) in [7, 11) is 1.67. The lowest BCUT2D eigenvalue weighted by Crippen LogP contribution is -1.90. The Morgan fingerprint density at radius 2 is 2.00 bits per heavy atom. The molecular weight excluding hydrogens is 386 g/mol. The molecule has 0 aliphatic carbocycles. The van der Waals surface area contributed by atoms with Crippen LogP contribution in [-0.4, -0.2) is 17.1 Å². The van der Waals surface area contributed by atoms with Gasteiger partial charge in [0.15, 0.2) is 0 Å². The van der Waals surface area contributed by atoms with Crippen molar-refractivity contribution in [3.05, 3.63) is 51.1 Å². The molecule has 0 saturated carbocycles. The summed E-state index contributed by atoms with van der Waals surface area (Å²) in [6.45, 7) is 1.99. The summed E-state index contributed by atoms with van der Waals surface area (Å²) in [6.07, 6.45) is 9.61. The summed E-state index contributed by atoms with van der Waals surface area (Å²) in [5, 5.41) is 2.04. The minimum absolute atomic E-state index is 0.519. The van der Waals surface area contributed by atoms with Gasteiger partial charge in [-0.25, -0.2) is 9.97 Å². The number of nitrogens with zero attached hydrogens (tertiary/aromatic N) is 2. The number of anilines is 1. The van der Waals surface area contributed by atoms with Crippen LogP contribution in [-0.2, 0) is 0 Å². The predicted octanol–water partition coefficient (Wildman–Crippen LogP) is 5.25. The van der Waals surface area contributed by atoms with E-state index >= 15 is 0 Å². The number of methoxy groups -OCH3 is 1. The molecule has 0 spiro atoms. The van der Waals surface area contributed by atoms with Crippen molar-refractivity contribution < 1.29 is 4.74 Å². The molecule has 0 bridgehead atoms. The number of fused-ring (bicyclic) bond motifs is 1. The van der Waals surface area contributed by atoms with Crippen LogP contribution in [0.1, 0.15) is 23.6 Å². The van der Waals surface area contributed by atoms with Crippen molar-refractivity contribution in [2.75, 3.05) is 12.8 Å². The summed E-state index contributed by atoms with van der Waals surface area (Å²) in [6, 6.07) is 4.09. The van der Waals surface area contributed by atoms with Crippen LogP contribution in [0.5, 0.6) is 5.75 Å². The van der Waals surface area contributed by atoms with Crippen LogP contribution in [0, 0.1) is 0 Å². The van der Waals surface area contributed by atoms with E-state index in [0.717, 1.165) is 37.1 Å². The number of allylic oxidation sites excluding steroid dienone is 1. The SMILES string of the molecule is C/C=C\c1cc(/C=C/c2csc3c(N)ncnc23)cc(OC)c1Br. The molecule has 0 radical (unpaired) electrons. The van der Waals surface area contributed by atoms with Crippen molar-refractivity contribution >= 4 is 61.5 Å². The Hall–Kier alpha value is -2.18. The summed E-state index contributed by atoms with van der Waals surface area (Å²) in [4.78, 5) is 8.36. The topological polar surface area (TPSA) is 61.0 Å². The quantitative estimate of drug-likeness (QED) is 0.648. The third-order valence-corrected chi connectivity index (χ3v) is 5.38. The maximum atomic E-state index is 5.89. The Kier molecular flexibility index (Phi) is 4.97. The number of rotatable bonds is 4. The van der Waals surface area contributed by atoms with Gasteiger partial charge in [0.05, 0.1) is 21.8 Å². The Morgan fingerprint density at radius 3 is 2.75 bits per heavy atom. The zero-order valence-electron chi connectivity index (χ0n) is 13.3. The molecule has 2 heterocycles. The van der Waals surface area contributed by atoms with Gasteiger partial charge >= 0.3 is 0 Å². The summed E-state index contributed by atoms with van der Waals surface area (Å²) in [5.41, 5.74) is 9.91. The maximum Gasteiger partial charge on any atom is 0.144 e. The van der Waals surface area contributed by atoms with Crippen molar-refractivity contribution in [2.45, 2.75) is 6.92 Å². The van der Waals surface area contributed by atoms with Crippen LogP contribution < -0.4 is 10.5 Å². The molecule has 0 aliphatic heterocycles. The Bertz CT molecular complexity index is 947. The molecule has 0 fully saturated rings. The van der Waals surface area contributed by atoms with E-state index in [1.807, 2.05) is 42.7 Å². The number of ether oxygens (including phenoxy) is 1. The van der Waals surface area contributed by atoms with Gasteiger partial charge in [-0.2, -0.15) is 0 Å². The van der Waals surface area contributed by atoms with Gasteiger partial charge in [0.2, 0.25) is 0 Å². The molecule has 24 heavy (non-hydrogen) atoms. The lowest BCUT2D eigenvalue weighted by Gasteiger charge is -2.08. The van der Waals surface area contributed by atoms with Gasteiger partial charge in [0, 0.05) is 10.9 Å². The van der Waals surface area contributed by atoms with E-state index in [1.54, 1.807) is 18.4 Å². The molecule has 1 aromatic carbocycles. The van der Waals surface area contributed by atoms with Crippen LogP contribution in [0.4, 0.5) is 5.82 Å². The Labute approximate surface area is 152 Å². The smallest absolute Gasteiger partial charge is 0.144 e. The first-order valence-corrected chi connectivity index (χ1v) is 8.97. The van der Waals surface area contributed by atoms with Gasteiger partial charge in [-0.1, -0.05) is 24.3 Å². The van der Waals surface area contributed by atoms with Crippen molar-refractivity contribution in [3.63, 3.8) is 0 Å². The van der Waals surface area contributed by atoms with E-state index in [1.165, 1.54) is 6.33 Å². The standard InChI is InChI=1S/C18H16BrN3OS/c1-3-4-12-7-11(8-14(23-2)15(12)19)5-6-13-9-24-17-16(13)21-10-22-18(17)20/h3-10H,1-2H3,(H2,20,21,22)/b4-3-,6-5+. The molecule has 2 N–H and O–H groups in total.